The molecule has 0 radical (unpaired) electrons. The van der Waals surface area contributed by atoms with E-state index >= 15 is 0 Å². The average molecular weight is 186 g/mol. The van der Waals surface area contributed by atoms with Gasteiger partial charge in [0, 0.05) is 13.1 Å². The molecule has 0 heterocycles. The van der Waals surface area contributed by atoms with Gasteiger partial charge in [0.05, 0.1) is 13.1 Å². The van der Waals surface area contributed by atoms with E-state index in [9.17, 15) is 9.59 Å². The van der Waals surface area contributed by atoms with Gasteiger partial charge in [-0.1, -0.05) is 0 Å². The predicted molar refractivity (Wildman–Crippen MR) is 46.3 cm³/mol. The molecule has 0 aromatic carbocycles. The van der Waals surface area contributed by atoms with Gasteiger partial charge >= 0.3 is 5.97 Å². The number of carboxylic acid groups (broad SMARTS) is 1. The van der Waals surface area contributed by atoms with Crippen molar-refractivity contribution in [1.82, 2.24) is 10.2 Å². The number of rotatable bonds is 5. The molecule has 13 heavy (non-hydrogen) atoms. The maximum absolute atomic E-state index is 11.3. The molecule has 1 rings (SSSR count). The highest BCUT2D eigenvalue weighted by Gasteiger charge is 2.28. The van der Waals surface area contributed by atoms with Gasteiger partial charge in [-0.2, -0.15) is 0 Å². The molecule has 1 fully saturated rings. The van der Waals surface area contributed by atoms with Crippen LogP contribution in [0.5, 0.6) is 0 Å². The van der Waals surface area contributed by atoms with Crippen molar-refractivity contribution >= 4 is 11.9 Å². The fourth-order valence-electron chi connectivity index (χ4n) is 1.07. The molecule has 74 valence electrons. The second-order valence-corrected chi connectivity index (χ2v) is 3.23. The second-order valence-electron chi connectivity index (χ2n) is 3.23. The summed E-state index contributed by atoms with van der Waals surface area (Å²) in [5.41, 5.74) is 0. The molecule has 0 atom stereocenters. The van der Waals surface area contributed by atoms with Crippen molar-refractivity contribution in [3.63, 3.8) is 0 Å². The van der Waals surface area contributed by atoms with Crippen molar-refractivity contribution in [2.24, 2.45) is 0 Å². The first-order chi connectivity index (χ1) is 6.11. The minimum Gasteiger partial charge on any atom is -0.480 e. The topological polar surface area (TPSA) is 69.6 Å². The number of hydrogen-bond donors (Lipinski definition) is 2. The maximum atomic E-state index is 11.3. The first-order valence-corrected chi connectivity index (χ1v) is 4.29. The van der Waals surface area contributed by atoms with E-state index in [-0.39, 0.29) is 19.0 Å². The van der Waals surface area contributed by atoms with Gasteiger partial charge in [0.1, 0.15) is 0 Å². The first-order valence-electron chi connectivity index (χ1n) is 4.29. The Morgan fingerprint density at radius 1 is 1.46 bits per heavy atom. The van der Waals surface area contributed by atoms with Crippen molar-refractivity contribution in [1.29, 1.82) is 0 Å². The molecule has 1 aliphatic carbocycles. The van der Waals surface area contributed by atoms with Crippen LogP contribution in [0.25, 0.3) is 0 Å². The minimum atomic E-state index is -0.943. The zero-order valence-electron chi connectivity index (χ0n) is 7.62. The number of amides is 1. The summed E-state index contributed by atoms with van der Waals surface area (Å²) in [6.07, 6.45) is 2.14. The number of nitrogens with one attached hydrogen (secondary N) is 1. The molecule has 0 aliphatic heterocycles. The molecule has 0 unspecified atom stereocenters. The quantitative estimate of drug-likeness (QED) is 0.594. The van der Waals surface area contributed by atoms with Gasteiger partial charge in [0.15, 0.2) is 0 Å². The number of aliphatic carboxylic acids is 1. The third kappa shape index (κ3) is 3.42. The van der Waals surface area contributed by atoms with E-state index in [4.69, 9.17) is 5.11 Å². The molecule has 0 aromatic rings. The highest BCUT2D eigenvalue weighted by atomic mass is 16.4. The molecular formula is C8H14N2O3. The highest BCUT2D eigenvalue weighted by Crippen LogP contribution is 2.24. The van der Waals surface area contributed by atoms with Crippen molar-refractivity contribution in [3.05, 3.63) is 0 Å². The molecule has 5 heteroatoms. The Morgan fingerprint density at radius 3 is 2.54 bits per heavy atom. The van der Waals surface area contributed by atoms with Crippen LogP contribution in [0, 0.1) is 0 Å². The summed E-state index contributed by atoms with van der Waals surface area (Å²) < 4.78 is 0. The number of likely N-dealkylation sites (N-methyl/N-ethyl adjacent to an activating group) is 1. The van der Waals surface area contributed by atoms with E-state index in [1.807, 2.05) is 0 Å². The van der Waals surface area contributed by atoms with Gasteiger partial charge in [-0.15, -0.1) is 0 Å². The van der Waals surface area contributed by atoms with E-state index in [1.54, 1.807) is 11.9 Å². The Bertz CT molecular complexity index is 213. The molecular weight excluding hydrogens is 172 g/mol. The van der Waals surface area contributed by atoms with E-state index in [2.05, 4.69) is 5.32 Å². The Hall–Kier alpha value is -1.10. The van der Waals surface area contributed by atoms with Crippen LogP contribution in [-0.4, -0.2) is 48.1 Å². The largest absolute Gasteiger partial charge is 0.480 e. The number of nitrogens with zero attached hydrogens (tertiary/aromatic N) is 1. The summed E-state index contributed by atoms with van der Waals surface area (Å²) in [6, 6.07) is 0.388. The van der Waals surface area contributed by atoms with Crippen LogP contribution in [0.15, 0.2) is 0 Å². The van der Waals surface area contributed by atoms with Gasteiger partial charge in [0.25, 0.3) is 0 Å². The van der Waals surface area contributed by atoms with Crippen molar-refractivity contribution in [2.45, 2.75) is 18.9 Å². The third-order valence-corrected chi connectivity index (χ3v) is 2.04. The maximum Gasteiger partial charge on any atom is 0.317 e. The zero-order valence-corrected chi connectivity index (χ0v) is 7.62. The summed E-state index contributed by atoms with van der Waals surface area (Å²) in [7, 11) is 1.75. The summed E-state index contributed by atoms with van der Waals surface area (Å²) in [6.45, 7) is -0.0520. The lowest BCUT2D eigenvalue weighted by atomic mass is 10.4. The van der Waals surface area contributed by atoms with Crippen LogP contribution in [0.4, 0.5) is 0 Å². The van der Waals surface area contributed by atoms with Gasteiger partial charge in [-0.05, 0) is 12.8 Å². The van der Waals surface area contributed by atoms with Crippen LogP contribution >= 0.6 is 0 Å². The number of hydrogen-bond acceptors (Lipinski definition) is 3. The van der Waals surface area contributed by atoms with Crippen LogP contribution in [0.2, 0.25) is 0 Å². The fourth-order valence-corrected chi connectivity index (χ4v) is 1.07. The number of carboxylic acids is 1. The van der Waals surface area contributed by atoms with Crippen molar-refractivity contribution < 1.29 is 14.7 Å². The molecule has 5 nitrogen and oxygen atoms in total. The lowest BCUT2D eigenvalue weighted by Gasteiger charge is -2.15. The van der Waals surface area contributed by atoms with Gasteiger partial charge in [0.2, 0.25) is 5.91 Å². The minimum absolute atomic E-state index is 0.0382. The van der Waals surface area contributed by atoms with Crippen LogP contribution in [0.3, 0.4) is 0 Å². The van der Waals surface area contributed by atoms with E-state index in [0.29, 0.717) is 6.04 Å². The predicted octanol–water partition coefficient (Wildman–Crippen LogP) is -0.719. The van der Waals surface area contributed by atoms with Gasteiger partial charge < -0.3 is 10.0 Å². The van der Waals surface area contributed by atoms with Crippen LogP contribution in [0.1, 0.15) is 12.8 Å². The van der Waals surface area contributed by atoms with Gasteiger partial charge in [-0.25, -0.2) is 0 Å². The lowest BCUT2D eigenvalue weighted by Crippen LogP contribution is -2.38. The smallest absolute Gasteiger partial charge is 0.317 e. The van der Waals surface area contributed by atoms with Crippen molar-refractivity contribution in [3.8, 4) is 0 Å². The second kappa shape index (κ2) is 4.23. The number of carbonyl (C=O) groups excluding carboxylic acids is 1. The molecule has 2 N–H and O–H groups in total. The summed E-state index contributed by atoms with van der Waals surface area (Å²) in [5, 5.41) is 10.9. The molecule has 0 bridgehead atoms. The van der Waals surface area contributed by atoms with Crippen LogP contribution in [-0.2, 0) is 9.59 Å². The summed E-state index contributed by atoms with van der Waals surface area (Å²) in [5.74, 6) is -0.981. The first kappa shape index (κ1) is 9.98. The normalized spacial score (nSPS) is 15.5. The molecule has 1 saturated carbocycles. The standard InChI is InChI=1S/C8H14N2O3/c1-10(6-2-3-6)7(11)4-9-5-8(12)13/h6,9H,2-5H2,1H3,(H,12,13). The Balaban J connectivity index is 2.13. The van der Waals surface area contributed by atoms with Gasteiger partial charge in [-0.3, -0.25) is 14.9 Å². The van der Waals surface area contributed by atoms with E-state index in [1.165, 1.54) is 0 Å². The average Bonchev–Trinajstić information content (AvgIpc) is 2.84. The molecule has 0 aromatic heterocycles. The van der Waals surface area contributed by atoms with Crippen molar-refractivity contribution in [2.75, 3.05) is 20.1 Å². The molecule has 1 aliphatic rings. The summed E-state index contributed by atoms with van der Waals surface area (Å²) in [4.78, 5) is 23.1. The highest BCUT2D eigenvalue weighted by molar-refractivity contribution is 5.79. The SMILES string of the molecule is CN(C(=O)CNCC(=O)O)C1CC1. The third-order valence-electron chi connectivity index (χ3n) is 2.04. The monoisotopic (exact) mass is 186 g/mol. The van der Waals surface area contributed by atoms with E-state index in [0.717, 1.165) is 12.8 Å². The molecule has 1 amide bonds. The summed E-state index contributed by atoms with van der Waals surface area (Å²) >= 11 is 0. The Morgan fingerprint density at radius 2 is 2.08 bits per heavy atom. The van der Waals surface area contributed by atoms with Crippen LogP contribution < -0.4 is 5.32 Å². The Labute approximate surface area is 76.7 Å². The number of carbonyl (C=O) groups is 2. The van der Waals surface area contributed by atoms with E-state index < -0.39 is 5.97 Å². The fraction of sp³-hybridized carbons (Fsp3) is 0.750. The molecule has 0 saturated heterocycles. The Kier molecular flexibility index (Phi) is 3.25. The zero-order chi connectivity index (χ0) is 9.84. The lowest BCUT2D eigenvalue weighted by molar-refractivity contribution is -0.136. The molecule has 0 spiro atoms.